The maximum atomic E-state index is 12.9. The fraction of sp³-hybridized carbons (Fsp3) is 0.364. The number of sulfonamides is 1. The number of alkyl halides is 3. The van der Waals surface area contributed by atoms with Gasteiger partial charge in [-0.15, -0.1) is 0 Å². The Morgan fingerprint density at radius 2 is 1.85 bits per heavy atom. The first-order valence-electron chi connectivity index (χ1n) is 5.43. The van der Waals surface area contributed by atoms with E-state index in [1.54, 1.807) is 0 Å². The lowest BCUT2D eigenvalue weighted by Gasteiger charge is -2.24. The van der Waals surface area contributed by atoms with E-state index in [1.165, 1.54) is 13.0 Å². The molecule has 1 unspecified atom stereocenters. The van der Waals surface area contributed by atoms with Gasteiger partial charge in [0.25, 0.3) is 0 Å². The number of nitrogens with zero attached hydrogens (tertiary/aromatic N) is 1. The molecule has 0 bridgehead atoms. The third kappa shape index (κ3) is 3.28. The minimum absolute atomic E-state index is 0.124. The Hall–Kier alpha value is -1.19. The second-order valence-electron chi connectivity index (χ2n) is 4.09. The van der Waals surface area contributed by atoms with Gasteiger partial charge >= 0.3 is 6.18 Å². The van der Waals surface area contributed by atoms with Crippen LogP contribution in [0.2, 0.25) is 0 Å². The molecule has 1 aromatic rings. The van der Waals surface area contributed by atoms with E-state index in [4.69, 9.17) is 5.73 Å². The van der Waals surface area contributed by atoms with E-state index in [9.17, 15) is 21.6 Å². The van der Waals surface area contributed by atoms with Gasteiger partial charge in [-0.25, -0.2) is 8.42 Å². The number of benzene rings is 1. The van der Waals surface area contributed by atoms with E-state index >= 15 is 0 Å². The fourth-order valence-corrected chi connectivity index (χ4v) is 3.25. The summed E-state index contributed by atoms with van der Waals surface area (Å²) in [6.07, 6.45) is -4.77. The molecule has 0 aromatic heterocycles. The van der Waals surface area contributed by atoms with Crippen LogP contribution in [0.1, 0.15) is 12.5 Å². The summed E-state index contributed by atoms with van der Waals surface area (Å²) in [6, 6.07) is 3.07. The summed E-state index contributed by atoms with van der Waals surface area (Å²) in [5.41, 5.74) is 4.12. The predicted octanol–water partition coefficient (Wildman–Crippen LogP) is 2.00. The molecule has 0 aliphatic rings. The summed E-state index contributed by atoms with van der Waals surface area (Å²) in [7, 11) is -3.22. The zero-order valence-corrected chi connectivity index (χ0v) is 12.3. The molecular formula is C11H13F3N2O2S2. The maximum absolute atomic E-state index is 12.9. The van der Waals surface area contributed by atoms with Crippen LogP contribution in [0.25, 0.3) is 0 Å². The summed E-state index contributed by atoms with van der Waals surface area (Å²) < 4.78 is 63.8. The van der Waals surface area contributed by atoms with E-state index in [0.717, 1.165) is 23.5 Å². The summed E-state index contributed by atoms with van der Waals surface area (Å²) in [4.78, 5) is -0.946. The molecule has 4 nitrogen and oxygen atoms in total. The van der Waals surface area contributed by atoms with Crippen molar-refractivity contribution in [2.45, 2.75) is 24.0 Å². The van der Waals surface area contributed by atoms with Crippen molar-refractivity contribution in [1.29, 1.82) is 0 Å². The van der Waals surface area contributed by atoms with Crippen LogP contribution in [0.3, 0.4) is 0 Å². The monoisotopic (exact) mass is 326 g/mol. The van der Waals surface area contributed by atoms with E-state index in [1.807, 2.05) is 0 Å². The lowest BCUT2D eigenvalue weighted by atomic mass is 10.2. The van der Waals surface area contributed by atoms with Crippen molar-refractivity contribution in [1.82, 2.24) is 4.31 Å². The smallest absolute Gasteiger partial charge is 0.392 e. The lowest BCUT2D eigenvalue weighted by molar-refractivity contribution is -0.139. The molecule has 0 fully saturated rings. The number of hydrogen-bond donors (Lipinski definition) is 1. The quantitative estimate of drug-likeness (QED) is 0.860. The highest BCUT2D eigenvalue weighted by Crippen LogP contribution is 2.35. The normalized spacial score (nSPS) is 14.3. The van der Waals surface area contributed by atoms with Gasteiger partial charge in [0.2, 0.25) is 10.0 Å². The van der Waals surface area contributed by atoms with Gasteiger partial charge in [-0.05, 0) is 19.1 Å². The number of nitrogens with two attached hydrogens (primary N) is 1. The molecule has 2 N–H and O–H groups in total. The van der Waals surface area contributed by atoms with Gasteiger partial charge in [-0.3, -0.25) is 0 Å². The molecule has 1 aromatic carbocycles. The van der Waals surface area contributed by atoms with Crippen LogP contribution in [0.4, 0.5) is 13.2 Å². The number of thiocarbonyl (C=S) groups is 1. The third-order valence-corrected chi connectivity index (χ3v) is 5.13. The highest BCUT2D eigenvalue weighted by atomic mass is 32.2. The zero-order valence-electron chi connectivity index (χ0n) is 10.7. The molecule has 0 spiro atoms. The molecular weight excluding hydrogens is 313 g/mol. The van der Waals surface area contributed by atoms with Gasteiger partial charge in [-0.1, -0.05) is 24.4 Å². The van der Waals surface area contributed by atoms with Crippen LogP contribution in [-0.4, -0.2) is 30.8 Å². The van der Waals surface area contributed by atoms with Crippen molar-refractivity contribution in [3.63, 3.8) is 0 Å². The molecule has 1 atom stereocenters. The van der Waals surface area contributed by atoms with Crippen LogP contribution in [0.15, 0.2) is 29.2 Å². The molecule has 0 aliphatic carbocycles. The minimum Gasteiger partial charge on any atom is -0.392 e. The second-order valence-corrected chi connectivity index (χ2v) is 6.53. The number of rotatable bonds is 4. The first-order chi connectivity index (χ1) is 8.99. The van der Waals surface area contributed by atoms with Crippen LogP contribution in [0, 0.1) is 0 Å². The standard InChI is InChI=1S/C11H13F3N2O2S2/c1-7(10(15)19)16(2)20(17,18)9-6-4-3-5-8(9)11(12,13)14/h3-7H,1-2H3,(H2,15,19). The summed E-state index contributed by atoms with van der Waals surface area (Å²) >= 11 is 4.67. The van der Waals surface area contributed by atoms with Gasteiger partial charge in [0.15, 0.2) is 0 Å². The Morgan fingerprint density at radius 1 is 1.35 bits per heavy atom. The van der Waals surface area contributed by atoms with Gasteiger partial charge in [-0.2, -0.15) is 17.5 Å². The third-order valence-electron chi connectivity index (χ3n) is 2.81. The highest BCUT2D eigenvalue weighted by molar-refractivity contribution is 7.89. The summed E-state index contributed by atoms with van der Waals surface area (Å²) in [5.74, 6) is 0. The molecule has 0 heterocycles. The number of likely N-dealkylation sites (N-methyl/N-ethyl adjacent to an activating group) is 1. The first-order valence-corrected chi connectivity index (χ1v) is 7.28. The van der Waals surface area contributed by atoms with Crippen molar-refractivity contribution >= 4 is 27.2 Å². The molecule has 0 aliphatic heterocycles. The van der Waals surface area contributed by atoms with Crippen molar-refractivity contribution in [2.75, 3.05) is 7.05 Å². The summed E-state index contributed by atoms with van der Waals surface area (Å²) in [5, 5.41) is 0. The van der Waals surface area contributed by atoms with Crippen LogP contribution in [0.5, 0.6) is 0 Å². The first kappa shape index (κ1) is 16.9. The maximum Gasteiger partial charge on any atom is 0.417 e. The van der Waals surface area contributed by atoms with Gasteiger partial charge < -0.3 is 5.73 Å². The Kier molecular flexibility index (Phi) is 4.78. The molecule has 0 amide bonds. The highest BCUT2D eigenvalue weighted by Gasteiger charge is 2.39. The Morgan fingerprint density at radius 3 is 2.30 bits per heavy atom. The van der Waals surface area contributed by atoms with Gasteiger partial charge in [0.1, 0.15) is 0 Å². The number of hydrogen-bond acceptors (Lipinski definition) is 3. The average molecular weight is 326 g/mol. The molecule has 0 radical (unpaired) electrons. The topological polar surface area (TPSA) is 63.4 Å². The molecule has 0 saturated carbocycles. The molecule has 20 heavy (non-hydrogen) atoms. The van der Waals surface area contributed by atoms with Crippen molar-refractivity contribution in [2.24, 2.45) is 5.73 Å². The van der Waals surface area contributed by atoms with Crippen molar-refractivity contribution in [3.8, 4) is 0 Å². The molecule has 112 valence electrons. The van der Waals surface area contributed by atoms with Crippen molar-refractivity contribution in [3.05, 3.63) is 29.8 Å². The SMILES string of the molecule is CC(C(N)=S)N(C)S(=O)(=O)c1ccccc1C(F)(F)F. The van der Waals surface area contributed by atoms with E-state index < -0.39 is 32.7 Å². The largest absolute Gasteiger partial charge is 0.417 e. The second kappa shape index (κ2) is 5.66. The zero-order chi connectivity index (χ0) is 15.7. The van der Waals surface area contributed by atoms with Crippen molar-refractivity contribution < 1.29 is 21.6 Å². The van der Waals surface area contributed by atoms with Crippen LogP contribution < -0.4 is 5.73 Å². The van der Waals surface area contributed by atoms with Crippen LogP contribution in [-0.2, 0) is 16.2 Å². The Bertz CT molecular complexity index is 614. The van der Waals surface area contributed by atoms with E-state index in [2.05, 4.69) is 12.2 Å². The minimum atomic E-state index is -4.77. The molecule has 0 saturated heterocycles. The van der Waals surface area contributed by atoms with Gasteiger partial charge in [0, 0.05) is 7.05 Å². The summed E-state index contributed by atoms with van der Waals surface area (Å²) in [6.45, 7) is 1.40. The molecule has 1 rings (SSSR count). The van der Waals surface area contributed by atoms with Crippen LogP contribution >= 0.6 is 12.2 Å². The average Bonchev–Trinajstić information content (AvgIpc) is 2.35. The Labute approximate surface area is 120 Å². The Balaban J connectivity index is 3.41. The van der Waals surface area contributed by atoms with E-state index in [0.29, 0.717) is 6.07 Å². The molecule has 9 heteroatoms. The fourth-order valence-electron chi connectivity index (χ4n) is 1.47. The predicted molar refractivity (Wildman–Crippen MR) is 72.6 cm³/mol. The number of halogens is 3. The van der Waals surface area contributed by atoms with E-state index in [-0.39, 0.29) is 4.99 Å². The lowest BCUT2D eigenvalue weighted by Crippen LogP contribution is -2.43. The van der Waals surface area contributed by atoms with Gasteiger partial charge in [0.05, 0.1) is 21.5 Å².